The predicted octanol–water partition coefficient (Wildman–Crippen LogP) is 2.23. The second-order valence-electron chi connectivity index (χ2n) is 4.25. The quantitative estimate of drug-likeness (QED) is 0.811. The minimum Gasteiger partial charge on any atom is -0.208 e. The molecule has 1 atom stereocenters. The molecule has 120 valence electrons. The normalized spacial score (nSPS) is 14.9. The van der Waals surface area contributed by atoms with Gasteiger partial charge in [0.05, 0.1) is 16.2 Å². The smallest absolute Gasteiger partial charge is 0.208 e. The standard InChI is InChI=1S/C10H11ClF3NO4S2/c1-7(6-10(12,13)14)15-21(18,19)9-4-2-8(3-5-9)20(11,16)17/h2-5,7,15H,6H2,1H3. The van der Waals surface area contributed by atoms with Crippen LogP contribution in [-0.2, 0) is 19.1 Å². The summed E-state index contributed by atoms with van der Waals surface area (Å²) >= 11 is 0. The summed E-state index contributed by atoms with van der Waals surface area (Å²) in [5.74, 6) is 0. The van der Waals surface area contributed by atoms with Crippen molar-refractivity contribution >= 4 is 29.8 Å². The van der Waals surface area contributed by atoms with Crippen molar-refractivity contribution in [2.75, 3.05) is 0 Å². The number of benzene rings is 1. The van der Waals surface area contributed by atoms with E-state index in [0.717, 1.165) is 31.2 Å². The van der Waals surface area contributed by atoms with Gasteiger partial charge in [0.2, 0.25) is 10.0 Å². The van der Waals surface area contributed by atoms with E-state index < -0.39 is 37.7 Å². The fourth-order valence-electron chi connectivity index (χ4n) is 1.50. The van der Waals surface area contributed by atoms with Crippen LogP contribution in [0.1, 0.15) is 13.3 Å². The van der Waals surface area contributed by atoms with Crippen LogP contribution in [0.15, 0.2) is 34.1 Å². The average molecular weight is 366 g/mol. The fraction of sp³-hybridized carbons (Fsp3) is 0.400. The Balaban J connectivity index is 2.94. The molecule has 1 N–H and O–H groups in total. The molecule has 0 saturated carbocycles. The Morgan fingerprint density at radius 1 is 1.10 bits per heavy atom. The zero-order chi connectivity index (χ0) is 16.5. The fourth-order valence-corrected chi connectivity index (χ4v) is 3.52. The molecule has 1 unspecified atom stereocenters. The Bertz CT molecular complexity index is 699. The Labute approximate surface area is 124 Å². The van der Waals surface area contributed by atoms with E-state index in [1.807, 2.05) is 4.72 Å². The first-order chi connectivity index (χ1) is 9.31. The molecule has 0 aliphatic heterocycles. The molecule has 0 amide bonds. The van der Waals surface area contributed by atoms with Crippen LogP contribution in [0.2, 0.25) is 0 Å². The lowest BCUT2D eigenvalue weighted by molar-refractivity contribution is -0.137. The molecule has 1 aromatic rings. The predicted molar refractivity (Wildman–Crippen MR) is 69.9 cm³/mol. The van der Waals surface area contributed by atoms with Crippen molar-refractivity contribution in [1.82, 2.24) is 4.72 Å². The minimum atomic E-state index is -4.50. The van der Waals surface area contributed by atoms with Crippen LogP contribution in [0.25, 0.3) is 0 Å². The van der Waals surface area contributed by atoms with E-state index in [9.17, 15) is 30.0 Å². The topological polar surface area (TPSA) is 80.3 Å². The van der Waals surface area contributed by atoms with Gasteiger partial charge in [-0.15, -0.1) is 0 Å². The van der Waals surface area contributed by atoms with Gasteiger partial charge >= 0.3 is 6.18 Å². The van der Waals surface area contributed by atoms with Crippen LogP contribution in [0, 0.1) is 0 Å². The molecule has 0 aromatic heterocycles. The number of nitrogens with one attached hydrogen (secondary N) is 1. The molecule has 1 aromatic carbocycles. The summed E-state index contributed by atoms with van der Waals surface area (Å²) in [5, 5.41) is 0. The first-order valence-electron chi connectivity index (χ1n) is 5.45. The van der Waals surface area contributed by atoms with Crippen molar-refractivity contribution in [3.05, 3.63) is 24.3 Å². The largest absolute Gasteiger partial charge is 0.390 e. The molecule has 0 saturated heterocycles. The van der Waals surface area contributed by atoms with Gasteiger partial charge in [0.25, 0.3) is 9.05 Å². The highest BCUT2D eigenvalue weighted by Gasteiger charge is 2.32. The van der Waals surface area contributed by atoms with Crippen LogP contribution >= 0.6 is 10.7 Å². The van der Waals surface area contributed by atoms with Gasteiger partial charge in [-0.25, -0.2) is 21.6 Å². The van der Waals surface area contributed by atoms with Crippen molar-refractivity contribution in [3.8, 4) is 0 Å². The molecule has 5 nitrogen and oxygen atoms in total. The number of sulfonamides is 1. The maximum Gasteiger partial charge on any atom is 0.390 e. The third-order valence-electron chi connectivity index (χ3n) is 2.31. The van der Waals surface area contributed by atoms with Gasteiger partial charge in [0.15, 0.2) is 0 Å². The highest BCUT2D eigenvalue weighted by Crippen LogP contribution is 2.23. The molecule has 0 heterocycles. The van der Waals surface area contributed by atoms with E-state index in [1.54, 1.807) is 0 Å². The molecular formula is C10H11ClF3NO4S2. The molecule has 21 heavy (non-hydrogen) atoms. The average Bonchev–Trinajstić information content (AvgIpc) is 2.24. The lowest BCUT2D eigenvalue weighted by atomic mass is 10.2. The van der Waals surface area contributed by atoms with Gasteiger partial charge in [-0.05, 0) is 31.2 Å². The molecule has 11 heteroatoms. The zero-order valence-electron chi connectivity index (χ0n) is 10.6. The summed E-state index contributed by atoms with van der Waals surface area (Å²) < 4.78 is 84.0. The lowest BCUT2D eigenvalue weighted by Crippen LogP contribution is -2.35. The molecule has 0 fully saturated rings. The van der Waals surface area contributed by atoms with E-state index in [4.69, 9.17) is 10.7 Å². The molecular weight excluding hydrogens is 355 g/mol. The van der Waals surface area contributed by atoms with Crippen molar-refractivity contribution in [3.63, 3.8) is 0 Å². The second kappa shape index (κ2) is 6.11. The Morgan fingerprint density at radius 2 is 1.52 bits per heavy atom. The summed E-state index contributed by atoms with van der Waals surface area (Å²) in [5.41, 5.74) is 0. The maximum absolute atomic E-state index is 12.2. The number of rotatable bonds is 5. The summed E-state index contributed by atoms with van der Waals surface area (Å²) in [6, 6.07) is 2.43. The van der Waals surface area contributed by atoms with Gasteiger partial charge < -0.3 is 0 Å². The third-order valence-corrected chi connectivity index (χ3v) is 5.28. The van der Waals surface area contributed by atoms with E-state index in [0.29, 0.717) is 0 Å². The first-order valence-corrected chi connectivity index (χ1v) is 9.24. The van der Waals surface area contributed by atoms with Crippen molar-refractivity contribution in [1.29, 1.82) is 0 Å². The van der Waals surface area contributed by atoms with Crippen LogP contribution in [-0.4, -0.2) is 29.1 Å². The number of hydrogen-bond donors (Lipinski definition) is 1. The van der Waals surface area contributed by atoms with Crippen LogP contribution in [0.3, 0.4) is 0 Å². The summed E-state index contributed by atoms with van der Waals surface area (Å²) in [6.45, 7) is 1.07. The summed E-state index contributed by atoms with van der Waals surface area (Å²) in [7, 11) is -3.12. The molecule has 0 aliphatic rings. The Hall–Kier alpha value is -0.840. The van der Waals surface area contributed by atoms with Crippen LogP contribution in [0.5, 0.6) is 0 Å². The molecule has 0 bridgehead atoms. The van der Waals surface area contributed by atoms with Crippen molar-refractivity contribution in [2.45, 2.75) is 35.4 Å². The van der Waals surface area contributed by atoms with Gasteiger partial charge in [-0.3, -0.25) is 0 Å². The summed E-state index contributed by atoms with van der Waals surface area (Å²) in [6.07, 6.45) is -5.82. The highest BCUT2D eigenvalue weighted by molar-refractivity contribution is 8.13. The van der Waals surface area contributed by atoms with E-state index in [1.165, 1.54) is 0 Å². The highest BCUT2D eigenvalue weighted by atomic mass is 35.7. The second-order valence-corrected chi connectivity index (χ2v) is 8.53. The van der Waals surface area contributed by atoms with Crippen LogP contribution < -0.4 is 4.72 Å². The monoisotopic (exact) mass is 365 g/mol. The minimum absolute atomic E-state index is 0.313. The van der Waals surface area contributed by atoms with Crippen molar-refractivity contribution < 1.29 is 30.0 Å². The number of alkyl halides is 3. The van der Waals surface area contributed by atoms with Crippen LogP contribution in [0.4, 0.5) is 13.2 Å². The SMILES string of the molecule is CC(CC(F)(F)F)NS(=O)(=O)c1ccc(S(=O)(=O)Cl)cc1. The zero-order valence-corrected chi connectivity index (χ0v) is 12.9. The molecule has 0 spiro atoms. The van der Waals surface area contributed by atoms with Crippen molar-refractivity contribution in [2.24, 2.45) is 0 Å². The first kappa shape index (κ1) is 18.2. The number of halogens is 4. The lowest BCUT2D eigenvalue weighted by Gasteiger charge is -2.16. The molecule has 0 radical (unpaired) electrons. The maximum atomic E-state index is 12.2. The van der Waals surface area contributed by atoms with Gasteiger partial charge in [-0.1, -0.05) is 0 Å². The molecule has 0 aliphatic carbocycles. The van der Waals surface area contributed by atoms with Gasteiger partial charge in [-0.2, -0.15) is 13.2 Å². The summed E-state index contributed by atoms with van der Waals surface area (Å²) in [4.78, 5) is -0.674. The van der Waals surface area contributed by atoms with E-state index >= 15 is 0 Å². The van der Waals surface area contributed by atoms with Gasteiger partial charge in [0.1, 0.15) is 0 Å². The molecule has 1 rings (SSSR count). The number of hydrogen-bond acceptors (Lipinski definition) is 4. The Kier molecular flexibility index (Phi) is 5.30. The van der Waals surface area contributed by atoms with Gasteiger partial charge in [0, 0.05) is 16.7 Å². The third kappa shape index (κ3) is 5.81. The Morgan fingerprint density at radius 3 is 1.90 bits per heavy atom. The van der Waals surface area contributed by atoms with E-state index in [-0.39, 0.29) is 9.79 Å². The van der Waals surface area contributed by atoms with E-state index in [2.05, 4.69) is 0 Å².